The molecule has 0 spiro atoms. The molecule has 1 atom stereocenters. The Balaban J connectivity index is 1.84. The van der Waals surface area contributed by atoms with E-state index in [9.17, 15) is 14.4 Å². The lowest BCUT2D eigenvalue weighted by Gasteiger charge is -2.11. The SMILES string of the molecule is CC[C@@H](C)NC(=O)NC(=O)COC(=O)c1cc2ccccc2[nH]1. The Kier molecular flexibility index (Phi) is 5.35. The highest BCUT2D eigenvalue weighted by Gasteiger charge is 2.15. The van der Waals surface area contributed by atoms with Crippen molar-refractivity contribution in [1.29, 1.82) is 0 Å². The Labute approximate surface area is 133 Å². The molecule has 1 heterocycles. The van der Waals surface area contributed by atoms with Crippen molar-refractivity contribution in [3.8, 4) is 0 Å². The second-order valence-electron chi connectivity index (χ2n) is 5.18. The highest BCUT2D eigenvalue weighted by atomic mass is 16.5. The highest BCUT2D eigenvalue weighted by molar-refractivity contribution is 5.98. The summed E-state index contributed by atoms with van der Waals surface area (Å²) in [7, 11) is 0. The summed E-state index contributed by atoms with van der Waals surface area (Å²) in [5.74, 6) is -1.34. The number of hydrogen-bond donors (Lipinski definition) is 3. The van der Waals surface area contributed by atoms with E-state index in [-0.39, 0.29) is 11.7 Å². The molecule has 0 aliphatic rings. The van der Waals surface area contributed by atoms with Crippen LogP contribution in [0, 0.1) is 0 Å². The van der Waals surface area contributed by atoms with Crippen LogP contribution in [0.5, 0.6) is 0 Å². The summed E-state index contributed by atoms with van der Waals surface area (Å²) in [5, 5.41) is 5.55. The lowest BCUT2D eigenvalue weighted by atomic mass is 10.2. The zero-order chi connectivity index (χ0) is 16.8. The van der Waals surface area contributed by atoms with Gasteiger partial charge in [-0.3, -0.25) is 10.1 Å². The van der Waals surface area contributed by atoms with Crippen LogP contribution in [0.4, 0.5) is 4.79 Å². The average molecular weight is 317 g/mol. The van der Waals surface area contributed by atoms with E-state index < -0.39 is 24.5 Å². The van der Waals surface area contributed by atoms with E-state index >= 15 is 0 Å². The van der Waals surface area contributed by atoms with E-state index in [2.05, 4.69) is 15.6 Å². The number of para-hydroxylation sites is 1. The number of rotatable bonds is 5. The second-order valence-corrected chi connectivity index (χ2v) is 5.18. The smallest absolute Gasteiger partial charge is 0.355 e. The molecule has 1 aromatic heterocycles. The predicted octanol–water partition coefficient (Wildman–Crippen LogP) is 1.95. The van der Waals surface area contributed by atoms with Gasteiger partial charge in [0.05, 0.1) is 0 Å². The van der Waals surface area contributed by atoms with Gasteiger partial charge >= 0.3 is 12.0 Å². The van der Waals surface area contributed by atoms with Crippen LogP contribution in [-0.2, 0) is 9.53 Å². The van der Waals surface area contributed by atoms with Crippen molar-refractivity contribution in [3.63, 3.8) is 0 Å². The number of fused-ring (bicyclic) bond motifs is 1. The fourth-order valence-electron chi connectivity index (χ4n) is 1.92. The van der Waals surface area contributed by atoms with Gasteiger partial charge in [0.1, 0.15) is 5.69 Å². The summed E-state index contributed by atoms with van der Waals surface area (Å²) in [4.78, 5) is 37.8. The summed E-state index contributed by atoms with van der Waals surface area (Å²) in [6.07, 6.45) is 0.747. The van der Waals surface area contributed by atoms with E-state index in [4.69, 9.17) is 4.74 Å². The van der Waals surface area contributed by atoms with Crippen LogP contribution in [-0.4, -0.2) is 35.5 Å². The molecule has 0 radical (unpaired) electrons. The van der Waals surface area contributed by atoms with Crippen LogP contribution in [0.2, 0.25) is 0 Å². The molecule has 0 bridgehead atoms. The first kappa shape index (κ1) is 16.5. The van der Waals surface area contributed by atoms with Crippen LogP contribution < -0.4 is 10.6 Å². The van der Waals surface area contributed by atoms with Crippen LogP contribution in [0.1, 0.15) is 30.8 Å². The number of urea groups is 1. The fraction of sp³-hybridized carbons (Fsp3) is 0.312. The number of ether oxygens (including phenoxy) is 1. The van der Waals surface area contributed by atoms with E-state index in [1.165, 1.54) is 0 Å². The van der Waals surface area contributed by atoms with Gasteiger partial charge in [-0.2, -0.15) is 0 Å². The summed E-state index contributed by atoms with van der Waals surface area (Å²) < 4.78 is 4.89. The van der Waals surface area contributed by atoms with Crippen molar-refractivity contribution in [2.75, 3.05) is 6.61 Å². The molecule has 0 aliphatic heterocycles. The maximum absolute atomic E-state index is 11.9. The van der Waals surface area contributed by atoms with Gasteiger partial charge in [-0.15, -0.1) is 0 Å². The first-order valence-corrected chi connectivity index (χ1v) is 7.34. The Hall–Kier alpha value is -2.83. The van der Waals surface area contributed by atoms with Crippen molar-refractivity contribution < 1.29 is 19.1 Å². The minimum Gasteiger partial charge on any atom is -0.451 e. The Morgan fingerprint density at radius 1 is 1.26 bits per heavy atom. The predicted molar refractivity (Wildman–Crippen MR) is 85.0 cm³/mol. The van der Waals surface area contributed by atoms with Crippen molar-refractivity contribution in [2.24, 2.45) is 0 Å². The maximum Gasteiger partial charge on any atom is 0.355 e. The van der Waals surface area contributed by atoms with E-state index in [1.54, 1.807) is 6.07 Å². The number of carbonyl (C=O) groups excluding carboxylic acids is 3. The molecule has 2 rings (SSSR count). The third kappa shape index (κ3) is 4.57. The summed E-state index contributed by atoms with van der Waals surface area (Å²) >= 11 is 0. The molecular formula is C16H19N3O4. The molecule has 7 heteroatoms. The van der Waals surface area contributed by atoms with Gasteiger partial charge in [-0.05, 0) is 25.5 Å². The van der Waals surface area contributed by atoms with Gasteiger partial charge in [0.2, 0.25) is 0 Å². The Bertz CT molecular complexity index is 690. The number of amides is 3. The van der Waals surface area contributed by atoms with Gasteiger partial charge in [0.15, 0.2) is 6.61 Å². The third-order valence-electron chi connectivity index (χ3n) is 3.33. The number of hydrogen-bond acceptors (Lipinski definition) is 4. The molecule has 3 N–H and O–H groups in total. The monoisotopic (exact) mass is 317 g/mol. The topological polar surface area (TPSA) is 100 Å². The lowest BCUT2D eigenvalue weighted by Crippen LogP contribution is -2.44. The van der Waals surface area contributed by atoms with Gasteiger partial charge in [0, 0.05) is 16.9 Å². The largest absolute Gasteiger partial charge is 0.451 e. The first-order valence-electron chi connectivity index (χ1n) is 7.34. The standard InChI is InChI=1S/C16H19N3O4/c1-3-10(2)17-16(22)19-14(20)9-23-15(21)13-8-11-6-4-5-7-12(11)18-13/h4-8,10,18H,3,9H2,1-2H3,(H2,17,19,20,22)/t10-/m1/s1. The number of aromatic nitrogens is 1. The van der Waals surface area contributed by atoms with Gasteiger partial charge < -0.3 is 15.0 Å². The van der Waals surface area contributed by atoms with E-state index in [0.29, 0.717) is 0 Å². The number of H-pyrrole nitrogens is 1. The Morgan fingerprint density at radius 2 is 2.00 bits per heavy atom. The van der Waals surface area contributed by atoms with Crippen LogP contribution in [0.25, 0.3) is 10.9 Å². The van der Waals surface area contributed by atoms with E-state index in [1.807, 2.05) is 38.1 Å². The number of nitrogens with one attached hydrogen (secondary N) is 3. The molecule has 0 aliphatic carbocycles. The van der Waals surface area contributed by atoms with Crippen LogP contribution in [0.15, 0.2) is 30.3 Å². The summed E-state index contributed by atoms with van der Waals surface area (Å²) in [6, 6.07) is 8.38. The van der Waals surface area contributed by atoms with Crippen molar-refractivity contribution in [2.45, 2.75) is 26.3 Å². The van der Waals surface area contributed by atoms with Crippen LogP contribution in [0.3, 0.4) is 0 Å². The fourth-order valence-corrected chi connectivity index (χ4v) is 1.92. The molecule has 0 saturated heterocycles. The van der Waals surface area contributed by atoms with Gasteiger partial charge in [0.25, 0.3) is 5.91 Å². The molecule has 0 saturated carbocycles. The molecule has 1 aromatic carbocycles. The summed E-state index contributed by atoms with van der Waals surface area (Å²) in [5.41, 5.74) is 1.06. The van der Waals surface area contributed by atoms with Crippen molar-refractivity contribution in [3.05, 3.63) is 36.0 Å². The number of imide groups is 1. The molecule has 23 heavy (non-hydrogen) atoms. The number of carbonyl (C=O) groups is 3. The first-order chi connectivity index (χ1) is 11.0. The average Bonchev–Trinajstić information content (AvgIpc) is 2.96. The minimum atomic E-state index is -0.685. The minimum absolute atomic E-state index is 0.0447. The number of aromatic amines is 1. The molecule has 3 amide bonds. The molecular weight excluding hydrogens is 298 g/mol. The molecule has 0 fully saturated rings. The zero-order valence-corrected chi connectivity index (χ0v) is 13.0. The Morgan fingerprint density at radius 3 is 2.70 bits per heavy atom. The van der Waals surface area contributed by atoms with Crippen LogP contribution >= 0.6 is 0 Å². The third-order valence-corrected chi connectivity index (χ3v) is 3.33. The van der Waals surface area contributed by atoms with Gasteiger partial charge in [-0.1, -0.05) is 25.1 Å². The van der Waals surface area contributed by atoms with Gasteiger partial charge in [-0.25, -0.2) is 9.59 Å². The quantitative estimate of drug-likeness (QED) is 0.734. The number of benzene rings is 1. The molecule has 0 unspecified atom stereocenters. The van der Waals surface area contributed by atoms with Crippen molar-refractivity contribution >= 4 is 28.8 Å². The van der Waals surface area contributed by atoms with E-state index in [0.717, 1.165) is 17.3 Å². The normalized spacial score (nSPS) is 11.7. The van der Waals surface area contributed by atoms with Crippen molar-refractivity contribution in [1.82, 2.24) is 15.6 Å². The zero-order valence-electron chi connectivity index (χ0n) is 13.0. The highest BCUT2D eigenvalue weighted by Crippen LogP contribution is 2.15. The molecule has 122 valence electrons. The lowest BCUT2D eigenvalue weighted by molar-refractivity contribution is -0.123. The maximum atomic E-state index is 11.9. The number of esters is 1. The molecule has 2 aromatic rings. The summed E-state index contributed by atoms with van der Waals surface area (Å²) in [6.45, 7) is 3.21. The second kappa shape index (κ2) is 7.44. The molecule has 7 nitrogen and oxygen atoms in total.